The van der Waals surface area contributed by atoms with E-state index in [4.69, 9.17) is 10.2 Å². The maximum absolute atomic E-state index is 8.94. The topological polar surface area (TPSA) is 43.7 Å². The predicted molar refractivity (Wildman–Crippen MR) is 47.9 cm³/mol. The van der Waals surface area contributed by atoms with Crippen molar-refractivity contribution >= 4 is 0 Å². The molecule has 0 saturated carbocycles. The number of aliphatic hydroxyl groups excluding tert-OH is 2. The first-order valence-corrected chi connectivity index (χ1v) is 4.73. The molecule has 3 nitrogen and oxygen atoms in total. The van der Waals surface area contributed by atoms with Crippen molar-refractivity contribution in [1.29, 1.82) is 0 Å². The van der Waals surface area contributed by atoms with Crippen LogP contribution >= 0.6 is 0 Å². The lowest BCUT2D eigenvalue weighted by atomic mass is 9.98. The summed E-state index contributed by atoms with van der Waals surface area (Å²) in [7, 11) is 0. The molecule has 1 aliphatic heterocycles. The Morgan fingerprint density at radius 2 is 1.75 bits per heavy atom. The van der Waals surface area contributed by atoms with E-state index in [1.54, 1.807) is 0 Å². The van der Waals surface area contributed by atoms with Crippen LogP contribution in [0.3, 0.4) is 0 Å². The Balaban J connectivity index is 2.32. The van der Waals surface area contributed by atoms with Gasteiger partial charge in [0.15, 0.2) is 0 Å². The number of piperidine rings is 1. The molecule has 2 N–H and O–H groups in total. The summed E-state index contributed by atoms with van der Waals surface area (Å²) in [6.07, 6.45) is 2.38. The van der Waals surface area contributed by atoms with Crippen LogP contribution in [0.1, 0.15) is 19.8 Å². The molecule has 0 unspecified atom stereocenters. The predicted octanol–water partition coefficient (Wildman–Crippen LogP) is 0.0715. The monoisotopic (exact) mass is 173 g/mol. The summed E-state index contributed by atoms with van der Waals surface area (Å²) in [6.45, 7) is 4.44. The maximum Gasteiger partial charge on any atom is 0.0609 e. The highest BCUT2D eigenvalue weighted by Crippen LogP contribution is 2.17. The van der Waals surface area contributed by atoms with Gasteiger partial charge in [0.2, 0.25) is 0 Å². The molecule has 0 aliphatic carbocycles. The summed E-state index contributed by atoms with van der Waals surface area (Å²) in [6, 6.07) is -0.0301. The maximum atomic E-state index is 8.94. The highest BCUT2D eigenvalue weighted by atomic mass is 16.3. The zero-order valence-electron chi connectivity index (χ0n) is 7.74. The van der Waals surface area contributed by atoms with E-state index >= 15 is 0 Å². The first-order chi connectivity index (χ1) is 5.77. The quantitative estimate of drug-likeness (QED) is 0.635. The molecule has 1 saturated heterocycles. The Hall–Kier alpha value is -0.120. The van der Waals surface area contributed by atoms with Crippen LogP contribution < -0.4 is 0 Å². The van der Waals surface area contributed by atoms with Crippen molar-refractivity contribution < 1.29 is 10.2 Å². The van der Waals surface area contributed by atoms with Crippen molar-refractivity contribution in [2.75, 3.05) is 26.3 Å². The molecule has 0 amide bonds. The molecule has 0 aromatic heterocycles. The molecule has 0 aromatic carbocycles. The Bertz CT molecular complexity index is 118. The van der Waals surface area contributed by atoms with Gasteiger partial charge in [-0.3, -0.25) is 4.90 Å². The second-order valence-corrected chi connectivity index (χ2v) is 3.74. The van der Waals surface area contributed by atoms with E-state index in [0.29, 0.717) is 0 Å². The van der Waals surface area contributed by atoms with E-state index < -0.39 is 0 Å². The number of aliphatic hydroxyl groups is 2. The van der Waals surface area contributed by atoms with Crippen molar-refractivity contribution in [3.63, 3.8) is 0 Å². The summed E-state index contributed by atoms with van der Waals surface area (Å²) < 4.78 is 0. The van der Waals surface area contributed by atoms with E-state index in [2.05, 4.69) is 11.8 Å². The van der Waals surface area contributed by atoms with Crippen LogP contribution in [0.5, 0.6) is 0 Å². The van der Waals surface area contributed by atoms with Crippen molar-refractivity contribution in [2.24, 2.45) is 5.92 Å². The summed E-state index contributed by atoms with van der Waals surface area (Å²) in [5, 5.41) is 17.9. The van der Waals surface area contributed by atoms with Crippen LogP contribution in [-0.4, -0.2) is 47.5 Å². The lowest BCUT2D eigenvalue weighted by molar-refractivity contribution is 0.0515. The summed E-state index contributed by atoms with van der Waals surface area (Å²) in [5.74, 6) is 0.805. The fourth-order valence-corrected chi connectivity index (χ4v) is 1.68. The zero-order valence-corrected chi connectivity index (χ0v) is 7.74. The van der Waals surface area contributed by atoms with Crippen LogP contribution in [-0.2, 0) is 0 Å². The van der Waals surface area contributed by atoms with Gasteiger partial charge < -0.3 is 10.2 Å². The van der Waals surface area contributed by atoms with Gasteiger partial charge >= 0.3 is 0 Å². The van der Waals surface area contributed by atoms with Crippen molar-refractivity contribution in [1.82, 2.24) is 4.90 Å². The third-order valence-corrected chi connectivity index (χ3v) is 2.76. The number of hydrogen-bond donors (Lipinski definition) is 2. The number of rotatable bonds is 3. The van der Waals surface area contributed by atoms with E-state index in [0.717, 1.165) is 19.0 Å². The standard InChI is InChI=1S/C9H19NO2/c1-8-2-4-10(5-3-8)9(6-11)7-12/h8-9,11-12H,2-7H2,1H3. The van der Waals surface area contributed by atoms with Crippen LogP contribution in [0.2, 0.25) is 0 Å². The average Bonchev–Trinajstić information content (AvgIpc) is 2.10. The Labute approximate surface area is 74.0 Å². The minimum Gasteiger partial charge on any atom is -0.395 e. The van der Waals surface area contributed by atoms with Gasteiger partial charge in [-0.15, -0.1) is 0 Å². The van der Waals surface area contributed by atoms with Gasteiger partial charge in [0.05, 0.1) is 19.3 Å². The first kappa shape index (κ1) is 9.96. The van der Waals surface area contributed by atoms with Crippen molar-refractivity contribution in [3.05, 3.63) is 0 Å². The molecule has 1 heterocycles. The SMILES string of the molecule is CC1CCN(C(CO)CO)CC1. The Morgan fingerprint density at radius 3 is 2.17 bits per heavy atom. The first-order valence-electron chi connectivity index (χ1n) is 4.73. The van der Waals surface area contributed by atoms with Crippen molar-refractivity contribution in [2.45, 2.75) is 25.8 Å². The third-order valence-electron chi connectivity index (χ3n) is 2.76. The van der Waals surface area contributed by atoms with Crippen molar-refractivity contribution in [3.8, 4) is 0 Å². The van der Waals surface area contributed by atoms with Crippen LogP contribution in [0.4, 0.5) is 0 Å². The number of likely N-dealkylation sites (tertiary alicyclic amines) is 1. The molecular weight excluding hydrogens is 154 g/mol. The number of nitrogens with zero attached hydrogens (tertiary/aromatic N) is 1. The molecule has 0 bridgehead atoms. The highest BCUT2D eigenvalue weighted by Gasteiger charge is 2.21. The number of hydrogen-bond acceptors (Lipinski definition) is 3. The zero-order chi connectivity index (χ0) is 8.97. The minimum absolute atomic E-state index is 0.0301. The third kappa shape index (κ3) is 2.44. The molecule has 12 heavy (non-hydrogen) atoms. The smallest absolute Gasteiger partial charge is 0.0609 e. The van der Waals surface area contributed by atoms with Gasteiger partial charge in [-0.25, -0.2) is 0 Å². The van der Waals surface area contributed by atoms with Gasteiger partial charge in [0, 0.05) is 0 Å². The molecular formula is C9H19NO2. The molecule has 72 valence electrons. The molecule has 0 aromatic rings. The fourth-order valence-electron chi connectivity index (χ4n) is 1.68. The molecule has 0 spiro atoms. The minimum atomic E-state index is -0.0301. The molecule has 0 atom stereocenters. The lowest BCUT2D eigenvalue weighted by Crippen LogP contribution is -2.44. The fraction of sp³-hybridized carbons (Fsp3) is 1.00. The van der Waals surface area contributed by atoms with Gasteiger partial charge in [0.25, 0.3) is 0 Å². The summed E-state index contributed by atoms with van der Waals surface area (Å²) in [5.41, 5.74) is 0. The Kier molecular flexibility index (Phi) is 3.98. The highest BCUT2D eigenvalue weighted by molar-refractivity contribution is 4.75. The molecule has 0 radical (unpaired) electrons. The van der Waals surface area contributed by atoms with Gasteiger partial charge in [-0.05, 0) is 31.8 Å². The van der Waals surface area contributed by atoms with Gasteiger partial charge in [-0.2, -0.15) is 0 Å². The van der Waals surface area contributed by atoms with E-state index in [-0.39, 0.29) is 19.3 Å². The Morgan fingerprint density at radius 1 is 1.25 bits per heavy atom. The molecule has 1 rings (SSSR count). The van der Waals surface area contributed by atoms with E-state index in [9.17, 15) is 0 Å². The molecule has 3 heteroatoms. The second kappa shape index (κ2) is 4.80. The van der Waals surface area contributed by atoms with E-state index in [1.807, 2.05) is 0 Å². The summed E-state index contributed by atoms with van der Waals surface area (Å²) in [4.78, 5) is 2.18. The molecule has 1 aliphatic rings. The van der Waals surface area contributed by atoms with Crippen LogP contribution in [0.15, 0.2) is 0 Å². The van der Waals surface area contributed by atoms with Crippen LogP contribution in [0, 0.1) is 5.92 Å². The molecule has 1 fully saturated rings. The van der Waals surface area contributed by atoms with E-state index in [1.165, 1.54) is 12.8 Å². The van der Waals surface area contributed by atoms with Gasteiger partial charge in [-0.1, -0.05) is 6.92 Å². The average molecular weight is 173 g/mol. The lowest BCUT2D eigenvalue weighted by Gasteiger charge is -2.34. The van der Waals surface area contributed by atoms with Crippen LogP contribution in [0.25, 0.3) is 0 Å². The second-order valence-electron chi connectivity index (χ2n) is 3.74. The normalized spacial score (nSPS) is 22.0. The largest absolute Gasteiger partial charge is 0.395 e. The van der Waals surface area contributed by atoms with Gasteiger partial charge in [0.1, 0.15) is 0 Å². The summed E-state index contributed by atoms with van der Waals surface area (Å²) >= 11 is 0.